The maximum absolute atomic E-state index is 11.8. The van der Waals surface area contributed by atoms with Crippen molar-refractivity contribution in [1.29, 1.82) is 0 Å². The molecule has 19 heavy (non-hydrogen) atoms. The fourth-order valence-corrected chi connectivity index (χ4v) is 2.24. The monoisotopic (exact) mass is 290 g/mol. The Morgan fingerprint density at radius 2 is 2.11 bits per heavy atom. The summed E-state index contributed by atoms with van der Waals surface area (Å²) in [6.45, 7) is 7.14. The van der Waals surface area contributed by atoms with Gasteiger partial charge in [-0.05, 0) is 26.0 Å². The van der Waals surface area contributed by atoms with Gasteiger partial charge >= 0.3 is 11.9 Å². The molecule has 0 saturated heterocycles. The SMILES string of the molecule is C=CCOC(=O)C(CC(=O)OC(C)C)SCCCO. The molecule has 0 aliphatic heterocycles. The second kappa shape index (κ2) is 10.9. The summed E-state index contributed by atoms with van der Waals surface area (Å²) in [6.07, 6.45) is 1.80. The molecule has 0 aliphatic rings. The van der Waals surface area contributed by atoms with Crippen LogP contribution in [0.4, 0.5) is 0 Å². The summed E-state index contributed by atoms with van der Waals surface area (Å²) in [6, 6.07) is 0. The van der Waals surface area contributed by atoms with Crippen LogP contribution >= 0.6 is 11.8 Å². The van der Waals surface area contributed by atoms with Gasteiger partial charge in [0.2, 0.25) is 0 Å². The van der Waals surface area contributed by atoms with Crippen molar-refractivity contribution in [3.05, 3.63) is 12.7 Å². The highest BCUT2D eigenvalue weighted by Gasteiger charge is 2.24. The summed E-state index contributed by atoms with van der Waals surface area (Å²) >= 11 is 1.29. The predicted molar refractivity (Wildman–Crippen MR) is 74.9 cm³/mol. The second-order valence-electron chi connectivity index (χ2n) is 4.10. The highest BCUT2D eigenvalue weighted by molar-refractivity contribution is 8.00. The topological polar surface area (TPSA) is 72.8 Å². The van der Waals surface area contributed by atoms with E-state index in [1.807, 2.05) is 0 Å². The Hall–Kier alpha value is -1.01. The second-order valence-corrected chi connectivity index (χ2v) is 5.41. The summed E-state index contributed by atoms with van der Waals surface area (Å²) in [4.78, 5) is 23.3. The molecule has 0 saturated carbocycles. The number of hydrogen-bond acceptors (Lipinski definition) is 6. The summed E-state index contributed by atoms with van der Waals surface area (Å²) in [5.74, 6) is -0.296. The van der Waals surface area contributed by atoms with E-state index in [1.54, 1.807) is 13.8 Å². The molecule has 1 N–H and O–H groups in total. The first kappa shape index (κ1) is 18.0. The van der Waals surface area contributed by atoms with Gasteiger partial charge in [0, 0.05) is 6.61 Å². The standard InChI is InChI=1S/C13H22O5S/c1-4-7-17-13(16)11(19-8-5-6-14)9-12(15)18-10(2)3/h4,10-11,14H,1,5-9H2,2-3H3. The first-order chi connectivity index (χ1) is 9.01. The normalized spacial score (nSPS) is 12.0. The van der Waals surface area contributed by atoms with E-state index in [2.05, 4.69) is 6.58 Å². The van der Waals surface area contributed by atoms with Gasteiger partial charge in [0.15, 0.2) is 0 Å². The molecule has 0 spiro atoms. The molecular formula is C13H22O5S. The average Bonchev–Trinajstić information content (AvgIpc) is 2.34. The Kier molecular flexibility index (Phi) is 10.3. The lowest BCUT2D eigenvalue weighted by Gasteiger charge is -2.15. The minimum Gasteiger partial charge on any atom is -0.463 e. The molecule has 6 heteroatoms. The van der Waals surface area contributed by atoms with Crippen molar-refractivity contribution in [2.24, 2.45) is 0 Å². The Balaban J connectivity index is 4.34. The van der Waals surface area contributed by atoms with E-state index < -0.39 is 17.2 Å². The Morgan fingerprint density at radius 3 is 2.63 bits per heavy atom. The number of aliphatic hydroxyl groups excluding tert-OH is 1. The number of aliphatic hydroxyl groups is 1. The van der Waals surface area contributed by atoms with Crippen LogP contribution in [0.1, 0.15) is 26.7 Å². The van der Waals surface area contributed by atoms with E-state index in [0.29, 0.717) is 12.2 Å². The van der Waals surface area contributed by atoms with Gasteiger partial charge in [-0.25, -0.2) is 0 Å². The fraction of sp³-hybridized carbons (Fsp3) is 0.692. The molecular weight excluding hydrogens is 268 g/mol. The number of ether oxygens (including phenoxy) is 2. The quantitative estimate of drug-likeness (QED) is 0.374. The Bertz CT molecular complexity index is 291. The summed E-state index contributed by atoms with van der Waals surface area (Å²) in [5.41, 5.74) is 0. The van der Waals surface area contributed by atoms with Crippen LogP contribution in [0.15, 0.2) is 12.7 Å². The van der Waals surface area contributed by atoms with E-state index >= 15 is 0 Å². The largest absolute Gasteiger partial charge is 0.463 e. The third-order valence-corrected chi connectivity index (χ3v) is 3.23. The molecule has 1 atom stereocenters. The molecule has 0 aromatic carbocycles. The zero-order valence-electron chi connectivity index (χ0n) is 11.5. The molecule has 1 unspecified atom stereocenters. The lowest BCUT2D eigenvalue weighted by molar-refractivity contribution is -0.151. The van der Waals surface area contributed by atoms with E-state index in [0.717, 1.165) is 0 Å². The van der Waals surface area contributed by atoms with Gasteiger partial charge in [-0.2, -0.15) is 0 Å². The fourth-order valence-electron chi connectivity index (χ4n) is 1.20. The molecule has 0 aromatic heterocycles. The zero-order valence-corrected chi connectivity index (χ0v) is 12.3. The number of hydrogen-bond donors (Lipinski definition) is 1. The van der Waals surface area contributed by atoms with Crippen molar-refractivity contribution in [2.45, 2.75) is 38.0 Å². The number of esters is 2. The third-order valence-electron chi connectivity index (χ3n) is 1.95. The van der Waals surface area contributed by atoms with E-state index in [4.69, 9.17) is 14.6 Å². The summed E-state index contributed by atoms with van der Waals surface area (Å²) in [5, 5.41) is 8.13. The van der Waals surface area contributed by atoms with Crippen LogP contribution < -0.4 is 0 Å². The minimum absolute atomic E-state index is 0.0236. The number of thioether (sulfide) groups is 1. The molecule has 5 nitrogen and oxygen atoms in total. The molecule has 0 radical (unpaired) electrons. The van der Waals surface area contributed by atoms with Crippen molar-refractivity contribution in [3.63, 3.8) is 0 Å². The van der Waals surface area contributed by atoms with Crippen LogP contribution in [-0.2, 0) is 19.1 Å². The maximum atomic E-state index is 11.8. The maximum Gasteiger partial charge on any atom is 0.319 e. The predicted octanol–water partition coefficient (Wildman–Crippen LogP) is 1.54. The van der Waals surface area contributed by atoms with Crippen molar-refractivity contribution >= 4 is 23.7 Å². The first-order valence-electron chi connectivity index (χ1n) is 6.20. The van der Waals surface area contributed by atoms with Gasteiger partial charge in [-0.3, -0.25) is 9.59 Å². The average molecular weight is 290 g/mol. The van der Waals surface area contributed by atoms with Gasteiger partial charge < -0.3 is 14.6 Å². The van der Waals surface area contributed by atoms with Crippen molar-refractivity contribution in [2.75, 3.05) is 19.0 Å². The smallest absolute Gasteiger partial charge is 0.319 e. The summed E-state index contributed by atoms with van der Waals surface area (Å²) in [7, 11) is 0. The van der Waals surface area contributed by atoms with Crippen LogP contribution in [0, 0.1) is 0 Å². The molecule has 0 aromatic rings. The van der Waals surface area contributed by atoms with Crippen LogP contribution in [0.25, 0.3) is 0 Å². The Morgan fingerprint density at radius 1 is 1.42 bits per heavy atom. The molecule has 0 fully saturated rings. The van der Waals surface area contributed by atoms with E-state index in [-0.39, 0.29) is 25.7 Å². The van der Waals surface area contributed by atoms with Gasteiger partial charge in [-0.15, -0.1) is 11.8 Å². The van der Waals surface area contributed by atoms with Crippen LogP contribution in [0.5, 0.6) is 0 Å². The molecule has 0 amide bonds. The summed E-state index contributed by atoms with van der Waals surface area (Å²) < 4.78 is 9.95. The van der Waals surface area contributed by atoms with Gasteiger partial charge in [0.25, 0.3) is 0 Å². The molecule has 110 valence electrons. The lowest BCUT2D eigenvalue weighted by Crippen LogP contribution is -2.26. The number of carbonyl (C=O) groups excluding carboxylic acids is 2. The van der Waals surface area contributed by atoms with E-state index in [1.165, 1.54) is 17.8 Å². The molecule has 0 rings (SSSR count). The van der Waals surface area contributed by atoms with Gasteiger partial charge in [0.1, 0.15) is 11.9 Å². The number of carbonyl (C=O) groups is 2. The Labute approximate surface area is 118 Å². The zero-order chi connectivity index (χ0) is 14.7. The van der Waals surface area contributed by atoms with E-state index in [9.17, 15) is 9.59 Å². The van der Waals surface area contributed by atoms with Gasteiger partial charge in [-0.1, -0.05) is 12.7 Å². The van der Waals surface area contributed by atoms with Crippen LogP contribution in [-0.4, -0.2) is 47.4 Å². The highest BCUT2D eigenvalue weighted by Crippen LogP contribution is 2.18. The van der Waals surface area contributed by atoms with Crippen LogP contribution in [0.3, 0.4) is 0 Å². The van der Waals surface area contributed by atoms with Gasteiger partial charge in [0.05, 0.1) is 12.5 Å². The molecule has 0 aliphatic carbocycles. The lowest BCUT2D eigenvalue weighted by atomic mass is 10.3. The number of rotatable bonds is 10. The van der Waals surface area contributed by atoms with Crippen LogP contribution in [0.2, 0.25) is 0 Å². The third kappa shape index (κ3) is 9.55. The first-order valence-corrected chi connectivity index (χ1v) is 7.25. The minimum atomic E-state index is -0.599. The van der Waals surface area contributed by atoms with Crippen molar-refractivity contribution < 1.29 is 24.2 Å². The highest BCUT2D eigenvalue weighted by atomic mass is 32.2. The van der Waals surface area contributed by atoms with Crippen molar-refractivity contribution in [3.8, 4) is 0 Å². The van der Waals surface area contributed by atoms with Crippen molar-refractivity contribution in [1.82, 2.24) is 0 Å². The molecule has 0 bridgehead atoms. The molecule has 0 heterocycles.